The summed E-state index contributed by atoms with van der Waals surface area (Å²) in [6.07, 6.45) is 5.47. The molecule has 2 heterocycles. The van der Waals surface area contributed by atoms with E-state index in [9.17, 15) is 8.42 Å². The van der Waals surface area contributed by atoms with Gasteiger partial charge in [0.15, 0.2) is 0 Å². The molecule has 1 aliphatic carbocycles. The number of aryl methyl sites for hydroxylation is 1. The van der Waals surface area contributed by atoms with Crippen LogP contribution < -0.4 is 5.32 Å². The van der Waals surface area contributed by atoms with E-state index in [1.807, 2.05) is 6.07 Å². The quantitative estimate of drug-likeness (QED) is 0.844. The van der Waals surface area contributed by atoms with Crippen molar-refractivity contribution in [3.8, 4) is 0 Å². The first-order valence-corrected chi connectivity index (χ1v) is 10.2. The highest BCUT2D eigenvalue weighted by Gasteiger charge is 2.31. The predicted molar refractivity (Wildman–Crippen MR) is 93.5 cm³/mol. The average Bonchev–Trinajstić information content (AvgIpc) is 3.19. The van der Waals surface area contributed by atoms with E-state index in [1.54, 1.807) is 10.4 Å². The number of sulfonamides is 1. The maximum atomic E-state index is 12.6. The molecular weight excluding hydrogens is 340 g/mol. The first-order valence-electron chi connectivity index (χ1n) is 7.92. The van der Waals surface area contributed by atoms with Gasteiger partial charge in [0.1, 0.15) is 4.21 Å². The molecule has 0 atom stereocenters. The molecule has 2 aliphatic rings. The average molecular weight is 365 g/mol. The second-order valence-electron chi connectivity index (χ2n) is 6.10. The Hall–Kier alpha value is -0.140. The molecule has 1 aliphatic heterocycles. The monoisotopic (exact) mass is 364 g/mol. The van der Waals surface area contributed by atoms with Gasteiger partial charge in [0.25, 0.3) is 10.0 Å². The summed E-state index contributed by atoms with van der Waals surface area (Å²) in [5.41, 5.74) is 0. The number of thiophene rings is 1. The number of rotatable bonds is 6. The lowest BCUT2D eigenvalue weighted by atomic mass is 10.1. The highest BCUT2D eigenvalue weighted by Crippen LogP contribution is 2.29. The van der Waals surface area contributed by atoms with E-state index in [2.05, 4.69) is 12.2 Å². The van der Waals surface area contributed by atoms with Gasteiger partial charge in [-0.15, -0.1) is 23.7 Å². The van der Waals surface area contributed by atoms with Gasteiger partial charge in [-0.1, -0.05) is 6.92 Å². The molecule has 0 radical (unpaired) electrons. The minimum atomic E-state index is -3.27. The van der Waals surface area contributed by atoms with Gasteiger partial charge in [0, 0.05) is 24.0 Å². The van der Waals surface area contributed by atoms with Crippen LogP contribution >= 0.6 is 23.7 Å². The highest BCUT2D eigenvalue weighted by molar-refractivity contribution is 7.91. The maximum absolute atomic E-state index is 12.6. The van der Waals surface area contributed by atoms with Gasteiger partial charge in [0.05, 0.1) is 0 Å². The molecular formula is C15H25ClN2O2S2. The summed E-state index contributed by atoms with van der Waals surface area (Å²) in [4.78, 5) is 1.13. The molecule has 7 heteroatoms. The van der Waals surface area contributed by atoms with Crippen molar-refractivity contribution < 1.29 is 8.42 Å². The van der Waals surface area contributed by atoms with Crippen LogP contribution in [0.1, 0.15) is 37.5 Å². The number of nitrogens with zero attached hydrogens (tertiary/aromatic N) is 1. The van der Waals surface area contributed by atoms with Crippen LogP contribution in [-0.2, 0) is 16.4 Å². The van der Waals surface area contributed by atoms with E-state index in [1.165, 1.54) is 24.2 Å². The minimum absolute atomic E-state index is 0. The maximum Gasteiger partial charge on any atom is 0.252 e. The minimum Gasteiger partial charge on any atom is -0.314 e. The first-order chi connectivity index (χ1) is 10.1. The zero-order chi connectivity index (χ0) is 14.9. The van der Waals surface area contributed by atoms with Crippen molar-refractivity contribution >= 4 is 33.8 Å². The van der Waals surface area contributed by atoms with Crippen molar-refractivity contribution in [3.05, 3.63) is 17.0 Å². The number of hydrogen-bond acceptors (Lipinski definition) is 4. The summed E-state index contributed by atoms with van der Waals surface area (Å²) in [5, 5.41) is 3.59. The third-order valence-electron chi connectivity index (χ3n) is 4.43. The van der Waals surface area contributed by atoms with E-state index in [0.717, 1.165) is 36.6 Å². The van der Waals surface area contributed by atoms with E-state index < -0.39 is 10.0 Å². The molecule has 0 spiro atoms. The summed E-state index contributed by atoms with van der Waals surface area (Å²) in [7, 11) is -3.27. The Morgan fingerprint density at radius 2 is 1.91 bits per heavy atom. The number of nitrogens with one attached hydrogen (secondary N) is 1. The molecule has 4 nitrogen and oxygen atoms in total. The van der Waals surface area contributed by atoms with Crippen LogP contribution in [0.3, 0.4) is 0 Å². The molecule has 22 heavy (non-hydrogen) atoms. The van der Waals surface area contributed by atoms with Crippen LogP contribution in [0.4, 0.5) is 0 Å². The second kappa shape index (κ2) is 7.62. The van der Waals surface area contributed by atoms with Crippen molar-refractivity contribution in [2.75, 3.05) is 19.6 Å². The molecule has 0 unspecified atom stereocenters. The Balaban J connectivity index is 0.00000176. The lowest BCUT2D eigenvalue weighted by Crippen LogP contribution is -2.45. The zero-order valence-corrected chi connectivity index (χ0v) is 15.4. The molecule has 126 valence electrons. The zero-order valence-electron chi connectivity index (χ0n) is 13.0. The molecule has 1 N–H and O–H groups in total. The van der Waals surface area contributed by atoms with Gasteiger partial charge in [0.2, 0.25) is 0 Å². The third-order valence-corrected chi connectivity index (χ3v) is 8.02. The fraction of sp³-hybridized carbons (Fsp3) is 0.733. The Kier molecular flexibility index (Phi) is 6.30. The van der Waals surface area contributed by atoms with Gasteiger partial charge in [-0.05, 0) is 56.7 Å². The number of halogens is 1. The standard InChI is InChI=1S/C15H24N2O2S2.ClH/c1-2-14-5-6-15(20-14)21(18,19)17-9-7-13(8-10-17)16-11-12-3-4-12;/h5-6,12-13,16H,2-4,7-11H2,1H3;1H. The summed E-state index contributed by atoms with van der Waals surface area (Å²) in [6, 6.07) is 4.18. The Morgan fingerprint density at radius 1 is 1.23 bits per heavy atom. The first kappa shape index (κ1) is 18.2. The predicted octanol–water partition coefficient (Wildman–Crippen LogP) is 2.89. The van der Waals surface area contributed by atoms with Crippen molar-refractivity contribution in [1.82, 2.24) is 9.62 Å². The third kappa shape index (κ3) is 4.23. The highest BCUT2D eigenvalue weighted by atomic mass is 35.5. The Morgan fingerprint density at radius 3 is 2.45 bits per heavy atom. The summed E-state index contributed by atoms with van der Waals surface area (Å²) in [5.74, 6) is 0.880. The molecule has 0 bridgehead atoms. The van der Waals surface area contributed by atoms with Crippen LogP contribution in [-0.4, -0.2) is 38.4 Å². The van der Waals surface area contributed by atoms with Crippen molar-refractivity contribution in [2.24, 2.45) is 5.92 Å². The molecule has 3 rings (SSSR count). The van der Waals surface area contributed by atoms with Crippen LogP contribution in [0.5, 0.6) is 0 Å². The lowest BCUT2D eigenvalue weighted by Gasteiger charge is -2.31. The summed E-state index contributed by atoms with van der Waals surface area (Å²) >= 11 is 1.41. The van der Waals surface area contributed by atoms with Gasteiger partial charge in [-0.25, -0.2) is 8.42 Å². The van der Waals surface area contributed by atoms with E-state index >= 15 is 0 Å². The van der Waals surface area contributed by atoms with Crippen molar-refractivity contribution in [2.45, 2.75) is 49.3 Å². The van der Waals surface area contributed by atoms with Gasteiger partial charge >= 0.3 is 0 Å². The van der Waals surface area contributed by atoms with Crippen LogP contribution in [0.15, 0.2) is 16.3 Å². The fourth-order valence-corrected chi connectivity index (χ4v) is 5.69. The SMILES string of the molecule is CCc1ccc(S(=O)(=O)N2CCC(NCC3CC3)CC2)s1.Cl. The molecule has 1 saturated heterocycles. The second-order valence-corrected chi connectivity index (χ2v) is 9.44. The van der Waals surface area contributed by atoms with E-state index in [4.69, 9.17) is 0 Å². The van der Waals surface area contributed by atoms with Crippen molar-refractivity contribution in [1.29, 1.82) is 0 Å². The van der Waals surface area contributed by atoms with Crippen LogP contribution in [0.2, 0.25) is 0 Å². The topological polar surface area (TPSA) is 49.4 Å². The molecule has 0 aromatic carbocycles. The summed E-state index contributed by atoms with van der Waals surface area (Å²) in [6.45, 7) is 4.45. The molecule has 1 aromatic rings. The number of piperidine rings is 1. The smallest absolute Gasteiger partial charge is 0.252 e. The van der Waals surface area contributed by atoms with Crippen LogP contribution in [0.25, 0.3) is 0 Å². The summed E-state index contributed by atoms with van der Waals surface area (Å²) < 4.78 is 27.4. The Labute approximate surface area is 143 Å². The Bertz CT molecular complexity index is 576. The van der Waals surface area contributed by atoms with E-state index in [-0.39, 0.29) is 12.4 Å². The molecule has 1 saturated carbocycles. The lowest BCUT2D eigenvalue weighted by molar-refractivity contribution is 0.288. The van der Waals surface area contributed by atoms with Crippen LogP contribution in [0, 0.1) is 5.92 Å². The van der Waals surface area contributed by atoms with Crippen molar-refractivity contribution in [3.63, 3.8) is 0 Å². The van der Waals surface area contributed by atoms with Gasteiger partial charge in [-0.3, -0.25) is 0 Å². The van der Waals surface area contributed by atoms with Gasteiger partial charge in [-0.2, -0.15) is 4.31 Å². The molecule has 1 aromatic heterocycles. The largest absolute Gasteiger partial charge is 0.314 e. The van der Waals surface area contributed by atoms with Gasteiger partial charge < -0.3 is 5.32 Å². The fourth-order valence-electron chi connectivity index (χ4n) is 2.77. The molecule has 0 amide bonds. The molecule has 2 fully saturated rings. The number of hydrogen-bond donors (Lipinski definition) is 1. The normalized spacial score (nSPS) is 20.8. The van der Waals surface area contributed by atoms with E-state index in [0.29, 0.717) is 23.3 Å².